The van der Waals surface area contributed by atoms with Gasteiger partial charge in [0.05, 0.1) is 51.6 Å². The van der Waals surface area contributed by atoms with Gasteiger partial charge in [0, 0.05) is 94.5 Å². The topological polar surface area (TPSA) is 212 Å². The molecule has 1 aliphatic carbocycles. The molecule has 18 nitrogen and oxygen atoms in total. The van der Waals surface area contributed by atoms with Gasteiger partial charge in [0.25, 0.3) is 5.91 Å². The van der Waals surface area contributed by atoms with Crippen LogP contribution in [0.25, 0.3) is 10.4 Å². The average Bonchev–Trinajstić information content (AvgIpc) is 4.01. The number of benzene rings is 1. The lowest BCUT2D eigenvalue weighted by Gasteiger charge is -2.62. The summed E-state index contributed by atoms with van der Waals surface area (Å²) in [6.45, 7) is 28.6. The lowest BCUT2D eigenvalue weighted by molar-refractivity contribution is -0.165. The number of likely N-dealkylation sites (tertiary alicyclic amines) is 1. The number of aliphatic hydroxyl groups is 1. The molecule has 3 saturated heterocycles. The van der Waals surface area contributed by atoms with Crippen molar-refractivity contribution in [3.63, 3.8) is 0 Å². The highest BCUT2D eigenvalue weighted by Gasteiger charge is 2.64. The van der Waals surface area contributed by atoms with Crippen molar-refractivity contribution in [3.8, 4) is 22.4 Å². The number of rotatable bonds is 17. The molecule has 4 fully saturated rings. The van der Waals surface area contributed by atoms with Gasteiger partial charge in [-0.05, 0) is 75.0 Å². The molecule has 1 saturated carbocycles. The maximum atomic E-state index is 14.3. The minimum absolute atomic E-state index is 0.0181. The Morgan fingerprint density at radius 2 is 1.50 bits per heavy atom. The van der Waals surface area contributed by atoms with Gasteiger partial charge in [0.2, 0.25) is 23.6 Å². The minimum Gasteiger partial charge on any atom is -0.473 e. The van der Waals surface area contributed by atoms with Crippen molar-refractivity contribution in [2.24, 2.45) is 16.2 Å². The van der Waals surface area contributed by atoms with Gasteiger partial charge in [-0.2, -0.15) is 5.26 Å². The molecule has 1 aromatic carbocycles. The van der Waals surface area contributed by atoms with Gasteiger partial charge in [-0.15, -0.1) is 11.3 Å². The first-order valence-corrected chi connectivity index (χ1v) is 27.7. The van der Waals surface area contributed by atoms with E-state index in [4.69, 9.17) is 9.72 Å². The van der Waals surface area contributed by atoms with Crippen LogP contribution in [-0.4, -0.2) is 172 Å². The fourth-order valence-corrected chi connectivity index (χ4v) is 12.7. The lowest BCUT2D eigenvalue weighted by atomic mass is 9.49. The Balaban J connectivity index is 0.728. The number of ether oxygens (including phenoxy) is 1. The molecule has 0 radical (unpaired) electrons. The van der Waals surface area contributed by atoms with Crippen molar-refractivity contribution in [3.05, 3.63) is 88.3 Å². The van der Waals surface area contributed by atoms with Gasteiger partial charge in [0.15, 0.2) is 0 Å². The van der Waals surface area contributed by atoms with Crippen LogP contribution >= 0.6 is 11.3 Å². The van der Waals surface area contributed by atoms with Crippen LogP contribution in [0.15, 0.2) is 60.2 Å². The first kappa shape index (κ1) is 56.2. The van der Waals surface area contributed by atoms with Crippen molar-refractivity contribution < 1.29 is 29.0 Å². The molecule has 8 rings (SSSR count). The Morgan fingerprint density at radius 3 is 2.08 bits per heavy atom. The Hall–Kier alpha value is -6.04. The van der Waals surface area contributed by atoms with E-state index in [9.17, 15) is 29.5 Å². The SMILES string of the molecule is Cc1nc(OC2C(C)(C)C(NC(=O)c3ccc(N4CCN(CCCN5CCN(CC(=O)N[C@H](C(=O)N6C[C@H](O)C[C@H]6C(=O)N[C@@H](C)c6ccc(-c7scnc7C)cc6)C(C)(C)C)CC5)CC4)nc3)C2(C)C)ccc1C#N. The number of pyridine rings is 2. The molecule has 0 bridgehead atoms. The normalized spacial score (nSPS) is 22.7. The monoisotopic (exact) mass is 1060 g/mol. The summed E-state index contributed by atoms with van der Waals surface area (Å²) in [5.41, 5.74) is 5.03. The number of thiazole rings is 1. The maximum Gasteiger partial charge on any atom is 0.253 e. The Labute approximate surface area is 452 Å². The molecule has 6 heterocycles. The molecular weight excluding hydrogens is 981 g/mol. The fraction of sp³-hybridized carbons (Fsp3) is 0.579. The number of hydrogen-bond donors (Lipinski definition) is 4. The van der Waals surface area contributed by atoms with Crippen molar-refractivity contribution in [1.82, 2.24) is 50.5 Å². The highest BCUT2D eigenvalue weighted by molar-refractivity contribution is 7.13. The summed E-state index contributed by atoms with van der Waals surface area (Å²) in [6.07, 6.45) is 1.77. The summed E-state index contributed by atoms with van der Waals surface area (Å²) in [5, 5.41) is 29.4. The van der Waals surface area contributed by atoms with Gasteiger partial charge in [-0.1, -0.05) is 72.7 Å². The molecule has 3 aromatic heterocycles. The van der Waals surface area contributed by atoms with Crippen LogP contribution in [0.4, 0.5) is 5.82 Å². The standard InChI is InChI=1S/C57H78N12O6S/c1-36(39-12-14-40(15-13-39)48-38(3)60-35-76-48)62-51(73)44-30-43(70)33-69(44)52(74)49(55(4,5)6)63-46(71)34-67-24-22-65(23-25-67)20-11-21-66-26-28-68(29-27-66)45-18-16-42(32-59-45)50(72)64-53-56(7,8)54(57(53,9)10)75-47-19-17-41(31-58)37(2)61-47/h12-19,32,35-36,43-44,49,53-54,70H,11,20-30,33-34H2,1-10H3,(H,62,73)(H,63,71)(H,64,72)/t36-,43+,44-,49+,53?,54?/m0/s1. The van der Waals surface area contributed by atoms with Crippen LogP contribution in [0.3, 0.4) is 0 Å². The Kier molecular flexibility index (Phi) is 17.2. The number of aliphatic hydroxyl groups excluding tert-OH is 1. The van der Waals surface area contributed by atoms with Crippen molar-refractivity contribution >= 4 is 40.8 Å². The molecule has 76 heavy (non-hydrogen) atoms. The molecule has 4 aromatic rings. The predicted molar refractivity (Wildman–Crippen MR) is 294 cm³/mol. The van der Waals surface area contributed by atoms with E-state index < -0.39 is 23.6 Å². The van der Waals surface area contributed by atoms with Gasteiger partial charge in [-0.3, -0.25) is 29.0 Å². The molecule has 0 unspecified atom stereocenters. The largest absolute Gasteiger partial charge is 0.473 e. The second-order valence-corrected chi connectivity index (χ2v) is 24.4. The number of amides is 4. The maximum absolute atomic E-state index is 14.3. The number of aromatic nitrogens is 3. The Bertz CT molecular complexity index is 2720. The third kappa shape index (κ3) is 12.7. The van der Waals surface area contributed by atoms with E-state index in [1.54, 1.807) is 36.6 Å². The number of nitriles is 1. The summed E-state index contributed by atoms with van der Waals surface area (Å²) >= 11 is 1.59. The molecule has 4 amide bonds. The number of aryl methyl sites for hydroxylation is 2. The van der Waals surface area contributed by atoms with Crippen LogP contribution < -0.4 is 25.6 Å². The highest BCUT2D eigenvalue weighted by Crippen LogP contribution is 2.55. The van der Waals surface area contributed by atoms with E-state index in [-0.39, 0.29) is 72.2 Å². The van der Waals surface area contributed by atoms with Gasteiger partial charge < -0.3 is 40.5 Å². The van der Waals surface area contributed by atoms with Crippen molar-refractivity contribution in [1.29, 1.82) is 5.26 Å². The lowest BCUT2D eigenvalue weighted by Crippen LogP contribution is -2.74. The van der Waals surface area contributed by atoms with Crippen LogP contribution in [0, 0.1) is 41.4 Å². The fourth-order valence-electron chi connectivity index (χ4n) is 11.9. The number of hydrogen-bond acceptors (Lipinski definition) is 15. The summed E-state index contributed by atoms with van der Waals surface area (Å²) in [4.78, 5) is 80.6. The third-order valence-corrected chi connectivity index (χ3v) is 17.1. The molecule has 4 aliphatic rings. The van der Waals surface area contributed by atoms with E-state index in [1.165, 1.54) is 4.90 Å². The summed E-state index contributed by atoms with van der Waals surface area (Å²) in [7, 11) is 0. The molecule has 4 N–H and O–H groups in total. The van der Waals surface area contributed by atoms with Gasteiger partial charge >= 0.3 is 0 Å². The minimum atomic E-state index is -0.889. The number of piperazine rings is 2. The van der Waals surface area contributed by atoms with E-state index in [0.717, 1.165) is 99.4 Å². The predicted octanol–water partition coefficient (Wildman–Crippen LogP) is 5.20. The quantitative estimate of drug-likeness (QED) is 0.107. The number of anilines is 1. The summed E-state index contributed by atoms with van der Waals surface area (Å²) < 4.78 is 6.36. The van der Waals surface area contributed by atoms with Crippen LogP contribution in [-0.2, 0) is 14.4 Å². The van der Waals surface area contributed by atoms with E-state index in [1.807, 2.05) is 76.5 Å². The van der Waals surface area contributed by atoms with E-state index in [0.29, 0.717) is 22.7 Å². The van der Waals surface area contributed by atoms with Crippen molar-refractivity contribution in [2.75, 3.05) is 83.4 Å². The first-order chi connectivity index (χ1) is 36.0. The smallest absolute Gasteiger partial charge is 0.253 e. The zero-order chi connectivity index (χ0) is 54.7. The molecule has 408 valence electrons. The number of carbonyl (C=O) groups is 4. The zero-order valence-corrected chi connectivity index (χ0v) is 46.9. The second kappa shape index (κ2) is 23.3. The average molecular weight is 1060 g/mol. The first-order valence-electron chi connectivity index (χ1n) is 26.9. The zero-order valence-electron chi connectivity index (χ0n) is 46.1. The third-order valence-electron chi connectivity index (χ3n) is 16.1. The number of nitrogens with zero attached hydrogens (tertiary/aromatic N) is 9. The van der Waals surface area contributed by atoms with E-state index >= 15 is 0 Å². The molecular formula is C57H78N12O6S. The highest BCUT2D eigenvalue weighted by atomic mass is 32.1. The number of β-amino-alcohol motifs (C(OH)–C–C–N with tert-alkyl or cyclic N) is 1. The van der Waals surface area contributed by atoms with Crippen molar-refractivity contribution in [2.45, 2.75) is 118 Å². The molecule has 4 atom stereocenters. The van der Waals surface area contributed by atoms with Crippen LogP contribution in [0.2, 0.25) is 0 Å². The second-order valence-electron chi connectivity index (χ2n) is 23.5. The molecule has 3 aliphatic heterocycles. The van der Waals surface area contributed by atoms with Crippen LogP contribution in [0.1, 0.15) is 107 Å². The van der Waals surface area contributed by atoms with Gasteiger partial charge in [-0.25, -0.2) is 15.0 Å². The van der Waals surface area contributed by atoms with Gasteiger partial charge in [0.1, 0.15) is 30.1 Å². The Morgan fingerprint density at radius 1 is 0.855 bits per heavy atom. The summed E-state index contributed by atoms with van der Waals surface area (Å²) in [6, 6.07) is 15.2. The number of nitrogens with one attached hydrogen (secondary N) is 3. The molecule has 19 heteroatoms. The van der Waals surface area contributed by atoms with Crippen LogP contribution in [0.5, 0.6) is 5.88 Å². The molecule has 0 spiro atoms. The summed E-state index contributed by atoms with van der Waals surface area (Å²) in [5.74, 6) is 0.212. The number of carbonyl (C=O) groups excluding carboxylic acids is 4. The van der Waals surface area contributed by atoms with E-state index in [2.05, 4.69) is 79.3 Å².